The fraction of sp³-hybridized carbons (Fsp3) is 0.133. The number of nitrogens with two attached hydrogens (primary N) is 1. The first-order valence-electron chi connectivity index (χ1n) is 7.36. The van der Waals surface area contributed by atoms with E-state index in [9.17, 15) is 18.0 Å². The monoisotopic (exact) mass is 378 g/mol. The van der Waals surface area contributed by atoms with Gasteiger partial charge in [-0.1, -0.05) is 0 Å². The van der Waals surface area contributed by atoms with Gasteiger partial charge in [-0.2, -0.15) is 13.4 Å². The van der Waals surface area contributed by atoms with Gasteiger partial charge in [0.15, 0.2) is 0 Å². The molecule has 0 fully saturated rings. The van der Waals surface area contributed by atoms with Crippen molar-refractivity contribution in [3.8, 4) is 0 Å². The number of aromatic amines is 2. The number of anilines is 1. The average Bonchev–Trinajstić information content (AvgIpc) is 2.98. The maximum absolute atomic E-state index is 12.1. The Labute approximate surface area is 146 Å². The molecule has 0 aliphatic heterocycles. The Morgan fingerprint density at radius 1 is 1.23 bits per heavy atom. The van der Waals surface area contributed by atoms with Gasteiger partial charge in [0, 0.05) is 12.1 Å². The van der Waals surface area contributed by atoms with Gasteiger partial charge in [0.25, 0.3) is 15.7 Å². The number of fused-ring (bicyclic) bond motifs is 1. The first-order chi connectivity index (χ1) is 12.3. The molecule has 0 atom stereocenters. The number of hydrogen-bond donors (Lipinski definition) is 4. The molecular weight excluding hydrogens is 364 g/mol. The van der Waals surface area contributed by atoms with Crippen LogP contribution in [0.4, 0.5) is 5.95 Å². The van der Waals surface area contributed by atoms with Crippen LogP contribution in [-0.2, 0) is 20.7 Å². The van der Waals surface area contributed by atoms with Gasteiger partial charge in [-0.25, -0.2) is 4.79 Å². The maximum atomic E-state index is 12.1. The summed E-state index contributed by atoms with van der Waals surface area (Å²) in [5, 5.41) is 9.13. The highest BCUT2D eigenvalue weighted by molar-refractivity contribution is 7.86. The lowest BCUT2D eigenvalue weighted by atomic mass is 10.2. The summed E-state index contributed by atoms with van der Waals surface area (Å²) in [4.78, 5) is 31.6. The topological polar surface area (TPSA) is 168 Å². The Balaban J connectivity index is 1.69. The van der Waals surface area contributed by atoms with Crippen LogP contribution >= 0.6 is 0 Å². The third-order valence-corrected chi connectivity index (χ3v) is 4.90. The van der Waals surface area contributed by atoms with Crippen LogP contribution in [0.25, 0.3) is 11.0 Å². The second-order valence-electron chi connectivity index (χ2n) is 5.36. The molecule has 0 radical (unpaired) electrons. The molecule has 5 N–H and O–H groups in total. The normalized spacial score (nSPS) is 11.7. The minimum Gasteiger partial charge on any atom is -0.478 e. The number of H-pyrrole nitrogens is 2. The van der Waals surface area contributed by atoms with Gasteiger partial charge in [-0.05, 0) is 30.3 Å². The molecule has 1 aromatic carbocycles. The largest absolute Gasteiger partial charge is 0.478 e. The average molecular weight is 378 g/mol. The van der Waals surface area contributed by atoms with E-state index in [0.717, 1.165) is 12.1 Å². The molecule has 3 aromatic rings. The van der Waals surface area contributed by atoms with Crippen LogP contribution in [0.5, 0.6) is 0 Å². The van der Waals surface area contributed by atoms with Crippen LogP contribution in [0, 0.1) is 0 Å². The quantitative estimate of drug-likeness (QED) is 0.449. The van der Waals surface area contributed by atoms with E-state index in [4.69, 9.17) is 15.0 Å². The number of benzene rings is 1. The van der Waals surface area contributed by atoms with Crippen molar-refractivity contribution in [3.05, 3.63) is 51.9 Å². The van der Waals surface area contributed by atoms with E-state index < -0.39 is 21.6 Å². The van der Waals surface area contributed by atoms with Crippen LogP contribution in [0.2, 0.25) is 0 Å². The summed E-state index contributed by atoms with van der Waals surface area (Å²) < 4.78 is 29.2. The number of nitrogens with one attached hydrogen (secondary N) is 2. The highest BCUT2D eigenvalue weighted by Crippen LogP contribution is 2.15. The van der Waals surface area contributed by atoms with Gasteiger partial charge < -0.3 is 15.8 Å². The predicted octanol–water partition coefficient (Wildman–Crippen LogP) is 0.480. The highest BCUT2D eigenvalue weighted by Gasteiger charge is 2.16. The maximum Gasteiger partial charge on any atom is 0.335 e. The molecule has 0 saturated heterocycles. The van der Waals surface area contributed by atoms with E-state index in [1.54, 1.807) is 0 Å². The molecule has 0 aliphatic rings. The van der Waals surface area contributed by atoms with Crippen LogP contribution in [0.1, 0.15) is 16.1 Å². The number of rotatable bonds is 6. The van der Waals surface area contributed by atoms with Crippen molar-refractivity contribution in [1.29, 1.82) is 0 Å². The minimum atomic E-state index is -4.03. The Hall–Kier alpha value is -3.18. The van der Waals surface area contributed by atoms with Crippen molar-refractivity contribution in [1.82, 2.24) is 15.0 Å². The van der Waals surface area contributed by atoms with Gasteiger partial charge in [0.1, 0.15) is 5.65 Å². The number of nitrogen functional groups attached to an aromatic ring is 1. The summed E-state index contributed by atoms with van der Waals surface area (Å²) in [5.74, 6) is -1.18. The van der Waals surface area contributed by atoms with E-state index in [1.165, 1.54) is 18.2 Å². The minimum absolute atomic E-state index is 0.0282. The van der Waals surface area contributed by atoms with Crippen molar-refractivity contribution in [3.63, 3.8) is 0 Å². The lowest BCUT2D eigenvalue weighted by molar-refractivity contribution is 0.0696. The Kier molecular flexibility index (Phi) is 4.49. The van der Waals surface area contributed by atoms with Crippen molar-refractivity contribution in [2.24, 2.45) is 0 Å². The fourth-order valence-corrected chi connectivity index (χ4v) is 3.23. The van der Waals surface area contributed by atoms with Crippen molar-refractivity contribution < 1.29 is 22.5 Å². The van der Waals surface area contributed by atoms with E-state index in [1.807, 2.05) is 0 Å². The molecule has 0 amide bonds. The van der Waals surface area contributed by atoms with E-state index in [-0.39, 0.29) is 29.4 Å². The molecule has 0 unspecified atom stereocenters. The fourth-order valence-electron chi connectivity index (χ4n) is 2.32. The molecular formula is C15H14N4O6S. The summed E-state index contributed by atoms with van der Waals surface area (Å²) in [7, 11) is -4.03. The van der Waals surface area contributed by atoms with E-state index >= 15 is 0 Å². The van der Waals surface area contributed by atoms with Gasteiger partial charge in [0.2, 0.25) is 5.95 Å². The van der Waals surface area contributed by atoms with Gasteiger partial charge >= 0.3 is 5.97 Å². The zero-order valence-electron chi connectivity index (χ0n) is 13.2. The van der Waals surface area contributed by atoms with E-state index in [0.29, 0.717) is 16.7 Å². The molecule has 0 aliphatic carbocycles. The van der Waals surface area contributed by atoms with Crippen LogP contribution < -0.4 is 11.3 Å². The lowest BCUT2D eigenvalue weighted by Gasteiger charge is -2.05. The number of nitrogens with zero attached hydrogens (tertiary/aromatic N) is 1. The molecule has 2 aromatic heterocycles. The molecule has 10 nitrogen and oxygen atoms in total. The first-order valence-corrected chi connectivity index (χ1v) is 8.77. The molecule has 26 heavy (non-hydrogen) atoms. The van der Waals surface area contributed by atoms with Crippen molar-refractivity contribution in [2.75, 3.05) is 12.3 Å². The smallest absolute Gasteiger partial charge is 0.335 e. The standard InChI is InChI=1S/C15H14N4O6S/c16-15-18-12-11(13(20)19-15)7-9(17-12)5-6-25-26(23,24)10-3-1-8(2-4-10)14(21)22/h1-4,7H,5-6H2,(H,21,22)(H4,16,17,18,19,20). The summed E-state index contributed by atoms with van der Waals surface area (Å²) in [5.41, 5.74) is 5.88. The molecule has 136 valence electrons. The van der Waals surface area contributed by atoms with Crippen LogP contribution in [0.15, 0.2) is 40.0 Å². The number of aromatic nitrogens is 3. The Morgan fingerprint density at radius 2 is 1.92 bits per heavy atom. The molecule has 11 heteroatoms. The third kappa shape index (κ3) is 3.58. The van der Waals surface area contributed by atoms with Crippen molar-refractivity contribution in [2.45, 2.75) is 11.3 Å². The van der Waals surface area contributed by atoms with Crippen LogP contribution in [-0.4, -0.2) is 41.1 Å². The molecule has 2 heterocycles. The number of aromatic carboxylic acids is 1. The summed E-state index contributed by atoms with van der Waals surface area (Å²) in [6.07, 6.45) is 0.183. The second-order valence-corrected chi connectivity index (χ2v) is 6.98. The number of hydrogen-bond acceptors (Lipinski definition) is 7. The highest BCUT2D eigenvalue weighted by atomic mass is 32.2. The molecule has 0 bridgehead atoms. The number of carboxylic acid groups (broad SMARTS) is 1. The molecule has 0 saturated carbocycles. The summed E-state index contributed by atoms with van der Waals surface area (Å²) in [6.45, 7) is -0.177. The number of carboxylic acids is 1. The second kappa shape index (κ2) is 6.61. The van der Waals surface area contributed by atoms with Crippen molar-refractivity contribution >= 4 is 33.1 Å². The Morgan fingerprint density at radius 3 is 2.58 bits per heavy atom. The summed E-state index contributed by atoms with van der Waals surface area (Å²) >= 11 is 0. The summed E-state index contributed by atoms with van der Waals surface area (Å²) in [6, 6.07) is 6.22. The third-order valence-electron chi connectivity index (χ3n) is 3.57. The lowest BCUT2D eigenvalue weighted by Crippen LogP contribution is -2.10. The van der Waals surface area contributed by atoms with E-state index in [2.05, 4.69) is 15.0 Å². The predicted molar refractivity (Wildman–Crippen MR) is 91.4 cm³/mol. The van der Waals surface area contributed by atoms with Gasteiger partial charge in [0.05, 0.1) is 22.5 Å². The SMILES string of the molecule is Nc1nc2[nH]c(CCOS(=O)(=O)c3ccc(C(=O)O)cc3)cc2c(=O)[nH]1. The zero-order valence-corrected chi connectivity index (χ0v) is 14.0. The Bertz CT molecular complexity index is 1130. The number of carbonyl (C=O) groups is 1. The molecule has 3 rings (SSSR count). The van der Waals surface area contributed by atoms with Gasteiger partial charge in [-0.15, -0.1) is 0 Å². The first kappa shape index (κ1) is 17.6. The van der Waals surface area contributed by atoms with Gasteiger partial charge in [-0.3, -0.25) is 14.0 Å². The van der Waals surface area contributed by atoms with Crippen LogP contribution in [0.3, 0.4) is 0 Å². The zero-order chi connectivity index (χ0) is 18.9. The molecule has 0 spiro atoms.